The van der Waals surface area contributed by atoms with Gasteiger partial charge in [-0.2, -0.15) is 0 Å². The number of amides is 1. The molecular weight excluding hydrogens is 493 g/mol. The van der Waals surface area contributed by atoms with Crippen LogP contribution >= 0.6 is 34.8 Å². The van der Waals surface area contributed by atoms with Crippen LogP contribution in [0.15, 0.2) is 24.4 Å². The third kappa shape index (κ3) is 6.16. The number of rotatable bonds is 7. The number of carboxylic acid groups (broad SMARTS) is 1. The molecule has 0 fully saturated rings. The summed E-state index contributed by atoms with van der Waals surface area (Å²) in [7, 11) is 0. The van der Waals surface area contributed by atoms with Crippen LogP contribution in [0.5, 0.6) is 5.75 Å². The van der Waals surface area contributed by atoms with Crippen molar-refractivity contribution in [3.05, 3.63) is 41.2 Å². The van der Waals surface area contributed by atoms with E-state index in [0.717, 1.165) is 35.9 Å². The highest BCUT2D eigenvalue weighted by Crippen LogP contribution is 2.33. The van der Waals surface area contributed by atoms with Crippen molar-refractivity contribution < 1.29 is 19.4 Å². The summed E-state index contributed by atoms with van der Waals surface area (Å²) < 4.78 is 6.13. The molecule has 0 saturated carbocycles. The monoisotopic (exact) mass is 515 g/mol. The number of anilines is 1. The molecule has 178 valence electrons. The fourth-order valence-corrected chi connectivity index (χ4v) is 4.50. The zero-order valence-corrected chi connectivity index (χ0v) is 20.0. The van der Waals surface area contributed by atoms with E-state index in [1.807, 2.05) is 29.1 Å². The van der Waals surface area contributed by atoms with Gasteiger partial charge in [0.05, 0.1) is 37.4 Å². The summed E-state index contributed by atoms with van der Waals surface area (Å²) in [5, 5.41) is 12.5. The summed E-state index contributed by atoms with van der Waals surface area (Å²) in [5.41, 5.74) is 5.85. The van der Waals surface area contributed by atoms with Crippen molar-refractivity contribution >= 4 is 52.6 Å². The van der Waals surface area contributed by atoms with Crippen LogP contribution in [0, 0.1) is 5.92 Å². The number of aliphatic carboxylic acids is 1. The van der Waals surface area contributed by atoms with E-state index in [2.05, 4.69) is 15.7 Å². The van der Waals surface area contributed by atoms with Crippen molar-refractivity contribution in [3.8, 4) is 5.75 Å². The second-order valence-electron chi connectivity index (χ2n) is 8.10. The van der Waals surface area contributed by atoms with E-state index in [1.54, 1.807) is 0 Å². The number of benzene rings is 1. The van der Waals surface area contributed by atoms with Crippen molar-refractivity contribution in [1.82, 2.24) is 14.6 Å². The molecule has 0 aliphatic carbocycles. The van der Waals surface area contributed by atoms with E-state index in [1.165, 1.54) is 4.90 Å². The average Bonchev–Trinajstić information content (AvgIpc) is 3.10. The standard InChI is InChI=1S/C21H24Cl3N5O4/c22-21(23,24)12-28-10-15-8-17(2-1-13(15)7-14(19(28)32)9-18(30)31)33-6-3-16-11-29-20(27-16)25-4-5-26-29/h1-2,8,11,14,26H,3-7,9-10,12H2,(H,25,27)(H,30,31). The Hall–Kier alpha value is -2.36. The van der Waals surface area contributed by atoms with Gasteiger partial charge in [0, 0.05) is 26.1 Å². The number of alkyl halides is 3. The normalized spacial score (nSPS) is 18.0. The summed E-state index contributed by atoms with van der Waals surface area (Å²) in [6.45, 7) is 2.16. The molecule has 0 spiro atoms. The van der Waals surface area contributed by atoms with Crippen LogP contribution < -0.4 is 15.5 Å². The molecule has 3 heterocycles. The number of ether oxygens (including phenoxy) is 1. The first kappa shape index (κ1) is 23.8. The Kier molecular flexibility index (Phi) is 7.11. The summed E-state index contributed by atoms with van der Waals surface area (Å²) >= 11 is 17.8. The Morgan fingerprint density at radius 3 is 2.82 bits per heavy atom. The highest BCUT2D eigenvalue weighted by atomic mass is 35.6. The Labute approximate surface area is 205 Å². The second-order valence-corrected chi connectivity index (χ2v) is 10.6. The fourth-order valence-electron chi connectivity index (χ4n) is 4.07. The zero-order valence-electron chi connectivity index (χ0n) is 17.7. The fraction of sp³-hybridized carbons (Fsp3) is 0.476. The van der Waals surface area contributed by atoms with Crippen LogP contribution in [0.25, 0.3) is 0 Å². The molecular formula is C21H24Cl3N5O4. The smallest absolute Gasteiger partial charge is 0.304 e. The minimum absolute atomic E-state index is 0.135. The molecule has 2 aliphatic heterocycles. The van der Waals surface area contributed by atoms with Gasteiger partial charge in [0.1, 0.15) is 5.75 Å². The third-order valence-electron chi connectivity index (χ3n) is 5.53. The molecule has 2 aromatic rings. The third-order valence-corrected chi connectivity index (χ3v) is 5.89. The van der Waals surface area contributed by atoms with E-state index in [-0.39, 0.29) is 25.4 Å². The number of carboxylic acids is 1. The zero-order chi connectivity index (χ0) is 23.6. The minimum Gasteiger partial charge on any atom is -0.493 e. The summed E-state index contributed by atoms with van der Waals surface area (Å²) in [4.78, 5) is 30.2. The molecule has 1 aromatic carbocycles. The topological polar surface area (TPSA) is 109 Å². The van der Waals surface area contributed by atoms with Gasteiger partial charge in [-0.3, -0.25) is 9.59 Å². The summed E-state index contributed by atoms with van der Waals surface area (Å²) in [6.07, 6.45) is 2.58. The lowest BCUT2D eigenvalue weighted by Crippen LogP contribution is -2.40. The molecule has 1 aromatic heterocycles. The number of halogens is 3. The SMILES string of the molecule is O=C(O)CC1Cc2ccc(OCCc3cn4c(n3)NCCN4)cc2CN(CC(Cl)(Cl)Cl)C1=O. The number of aromatic nitrogens is 2. The molecule has 2 aliphatic rings. The molecule has 3 N–H and O–H groups in total. The number of hydrogen-bond acceptors (Lipinski definition) is 6. The molecule has 1 unspecified atom stereocenters. The maximum atomic E-state index is 13.0. The number of fused-ring (bicyclic) bond motifs is 2. The van der Waals surface area contributed by atoms with Crippen LogP contribution in [0.2, 0.25) is 0 Å². The highest BCUT2D eigenvalue weighted by Gasteiger charge is 2.35. The minimum atomic E-state index is -1.67. The molecule has 0 bridgehead atoms. The summed E-state index contributed by atoms with van der Waals surface area (Å²) in [6, 6.07) is 5.56. The Morgan fingerprint density at radius 1 is 1.27 bits per heavy atom. The van der Waals surface area contributed by atoms with E-state index >= 15 is 0 Å². The van der Waals surface area contributed by atoms with Gasteiger partial charge in [0.2, 0.25) is 15.6 Å². The van der Waals surface area contributed by atoms with Gasteiger partial charge in [-0.1, -0.05) is 40.9 Å². The molecule has 4 rings (SSSR count). The Morgan fingerprint density at radius 2 is 2.09 bits per heavy atom. The van der Waals surface area contributed by atoms with Crippen LogP contribution in [-0.2, 0) is 29.0 Å². The number of hydrogen-bond donors (Lipinski definition) is 3. The second kappa shape index (κ2) is 9.87. The predicted molar refractivity (Wildman–Crippen MR) is 126 cm³/mol. The number of carbonyl (C=O) groups is 2. The van der Waals surface area contributed by atoms with Crippen molar-refractivity contribution in [3.63, 3.8) is 0 Å². The first-order valence-electron chi connectivity index (χ1n) is 10.6. The molecule has 12 heteroatoms. The summed E-state index contributed by atoms with van der Waals surface area (Å²) in [5.74, 6) is -0.676. The molecule has 0 radical (unpaired) electrons. The Balaban J connectivity index is 1.46. The van der Waals surface area contributed by atoms with Crippen LogP contribution in [0.3, 0.4) is 0 Å². The molecule has 0 saturated heterocycles. The number of nitrogens with zero attached hydrogens (tertiary/aromatic N) is 3. The number of nitrogens with one attached hydrogen (secondary N) is 2. The lowest BCUT2D eigenvalue weighted by Gasteiger charge is -2.27. The van der Waals surface area contributed by atoms with Gasteiger partial charge in [-0.25, -0.2) is 9.66 Å². The van der Waals surface area contributed by atoms with E-state index in [0.29, 0.717) is 25.2 Å². The molecule has 1 amide bonds. The lowest BCUT2D eigenvalue weighted by molar-refractivity contribution is -0.144. The molecule has 33 heavy (non-hydrogen) atoms. The van der Waals surface area contributed by atoms with Gasteiger partial charge < -0.3 is 25.5 Å². The lowest BCUT2D eigenvalue weighted by atomic mass is 9.94. The molecule has 1 atom stereocenters. The first-order chi connectivity index (χ1) is 15.7. The quantitative estimate of drug-likeness (QED) is 0.486. The van der Waals surface area contributed by atoms with E-state index in [4.69, 9.17) is 39.5 Å². The van der Waals surface area contributed by atoms with Gasteiger partial charge in [0.15, 0.2) is 0 Å². The van der Waals surface area contributed by atoms with Crippen LogP contribution in [0.4, 0.5) is 5.95 Å². The molecule has 9 nitrogen and oxygen atoms in total. The average molecular weight is 517 g/mol. The predicted octanol–water partition coefficient (Wildman–Crippen LogP) is 2.82. The largest absolute Gasteiger partial charge is 0.493 e. The maximum absolute atomic E-state index is 13.0. The van der Waals surface area contributed by atoms with E-state index in [9.17, 15) is 14.7 Å². The van der Waals surface area contributed by atoms with Gasteiger partial charge in [-0.15, -0.1) is 0 Å². The van der Waals surface area contributed by atoms with Crippen molar-refractivity contribution in [2.45, 2.75) is 29.6 Å². The van der Waals surface area contributed by atoms with Crippen LogP contribution in [0.1, 0.15) is 23.2 Å². The number of imidazole rings is 1. The van der Waals surface area contributed by atoms with Gasteiger partial charge in [-0.05, 0) is 29.7 Å². The van der Waals surface area contributed by atoms with Crippen molar-refractivity contribution in [2.24, 2.45) is 5.92 Å². The van der Waals surface area contributed by atoms with Crippen LogP contribution in [-0.4, -0.2) is 61.6 Å². The Bertz CT molecular complexity index is 1020. The maximum Gasteiger partial charge on any atom is 0.304 e. The van der Waals surface area contributed by atoms with Gasteiger partial charge in [0.25, 0.3) is 0 Å². The van der Waals surface area contributed by atoms with Gasteiger partial charge >= 0.3 is 5.97 Å². The van der Waals surface area contributed by atoms with Crippen molar-refractivity contribution in [1.29, 1.82) is 0 Å². The first-order valence-corrected chi connectivity index (χ1v) is 11.7. The highest BCUT2D eigenvalue weighted by molar-refractivity contribution is 6.67. The number of carbonyl (C=O) groups excluding carboxylic acids is 1. The van der Waals surface area contributed by atoms with E-state index < -0.39 is 15.7 Å². The van der Waals surface area contributed by atoms with Crippen molar-refractivity contribution in [2.75, 3.05) is 37.0 Å².